The molecule has 0 unspecified atom stereocenters. The summed E-state index contributed by atoms with van der Waals surface area (Å²) in [6, 6.07) is 3.30. The van der Waals surface area contributed by atoms with Crippen LogP contribution in [0.25, 0.3) is 0 Å². The Hall–Kier alpha value is -0.810. The minimum absolute atomic E-state index is 0.0396. The van der Waals surface area contributed by atoms with Crippen molar-refractivity contribution in [3.63, 3.8) is 0 Å². The van der Waals surface area contributed by atoms with Gasteiger partial charge >= 0.3 is 0 Å². The molecule has 84 valence electrons. The number of aryl methyl sites for hydroxylation is 1. The third-order valence-corrected chi connectivity index (χ3v) is 3.36. The number of sulfonamides is 1. The Balaban J connectivity index is 2.69. The van der Waals surface area contributed by atoms with Crippen LogP contribution in [-0.2, 0) is 10.0 Å². The molecule has 0 amide bonds. The lowest BCUT2D eigenvalue weighted by Gasteiger charge is -2.07. The van der Waals surface area contributed by atoms with E-state index in [4.69, 9.17) is 11.6 Å². The molecular formula is C9H13ClN2O2S. The van der Waals surface area contributed by atoms with Crippen LogP contribution in [0.15, 0.2) is 18.3 Å². The Morgan fingerprint density at radius 2 is 2.27 bits per heavy atom. The molecule has 1 heterocycles. The van der Waals surface area contributed by atoms with E-state index >= 15 is 0 Å². The van der Waals surface area contributed by atoms with Gasteiger partial charge in [0.2, 0.25) is 10.0 Å². The molecule has 0 aromatic carbocycles. The second-order valence-electron chi connectivity index (χ2n) is 3.15. The van der Waals surface area contributed by atoms with E-state index in [0.717, 1.165) is 5.69 Å². The van der Waals surface area contributed by atoms with Crippen molar-refractivity contribution in [2.75, 3.05) is 16.4 Å². The van der Waals surface area contributed by atoms with Crippen LogP contribution < -0.4 is 4.72 Å². The molecule has 6 heteroatoms. The number of alkyl halides is 1. The SMILES string of the molecule is Cc1cc(NS(=O)(=O)CCCCl)ccn1. The maximum absolute atomic E-state index is 11.5. The predicted molar refractivity (Wildman–Crippen MR) is 61.7 cm³/mol. The summed E-state index contributed by atoms with van der Waals surface area (Å²) >= 11 is 5.43. The summed E-state index contributed by atoms with van der Waals surface area (Å²) in [5.41, 5.74) is 1.31. The van der Waals surface area contributed by atoms with Gasteiger partial charge in [-0.3, -0.25) is 9.71 Å². The van der Waals surface area contributed by atoms with E-state index in [1.807, 2.05) is 0 Å². The highest BCUT2D eigenvalue weighted by Crippen LogP contribution is 2.10. The van der Waals surface area contributed by atoms with Crippen LogP contribution in [0.5, 0.6) is 0 Å². The lowest BCUT2D eigenvalue weighted by atomic mass is 10.3. The Labute approximate surface area is 94.7 Å². The van der Waals surface area contributed by atoms with Crippen molar-refractivity contribution in [1.82, 2.24) is 4.98 Å². The van der Waals surface area contributed by atoms with E-state index < -0.39 is 10.0 Å². The summed E-state index contributed by atoms with van der Waals surface area (Å²) in [6.07, 6.45) is 2.01. The molecule has 0 radical (unpaired) electrons. The van der Waals surface area contributed by atoms with Crippen molar-refractivity contribution in [3.8, 4) is 0 Å². The first-order valence-electron chi connectivity index (χ1n) is 4.52. The van der Waals surface area contributed by atoms with Gasteiger partial charge in [-0.1, -0.05) is 0 Å². The van der Waals surface area contributed by atoms with Crippen molar-refractivity contribution in [1.29, 1.82) is 0 Å². The van der Waals surface area contributed by atoms with Crippen molar-refractivity contribution in [2.45, 2.75) is 13.3 Å². The van der Waals surface area contributed by atoms with Gasteiger partial charge in [0.1, 0.15) is 0 Å². The fourth-order valence-corrected chi connectivity index (χ4v) is 2.49. The molecular weight excluding hydrogens is 236 g/mol. The summed E-state index contributed by atoms with van der Waals surface area (Å²) in [4.78, 5) is 3.98. The van der Waals surface area contributed by atoms with Crippen LogP contribution in [-0.4, -0.2) is 25.0 Å². The number of hydrogen-bond acceptors (Lipinski definition) is 3. The van der Waals surface area contributed by atoms with E-state index in [0.29, 0.717) is 18.0 Å². The van der Waals surface area contributed by atoms with Crippen molar-refractivity contribution >= 4 is 27.3 Å². The van der Waals surface area contributed by atoms with Gasteiger partial charge in [-0.05, 0) is 25.5 Å². The molecule has 1 aromatic heterocycles. The maximum Gasteiger partial charge on any atom is 0.232 e. The lowest BCUT2D eigenvalue weighted by Crippen LogP contribution is -2.17. The third-order valence-electron chi connectivity index (χ3n) is 1.72. The number of anilines is 1. The normalized spacial score (nSPS) is 11.3. The zero-order valence-corrected chi connectivity index (χ0v) is 9.98. The zero-order chi connectivity index (χ0) is 11.3. The van der Waals surface area contributed by atoms with Gasteiger partial charge in [-0.25, -0.2) is 8.42 Å². The van der Waals surface area contributed by atoms with Crippen LogP contribution in [0, 0.1) is 6.92 Å². The molecule has 4 nitrogen and oxygen atoms in total. The van der Waals surface area contributed by atoms with E-state index in [-0.39, 0.29) is 5.75 Å². The zero-order valence-electron chi connectivity index (χ0n) is 8.40. The number of rotatable bonds is 5. The second kappa shape index (κ2) is 5.32. The highest BCUT2D eigenvalue weighted by Gasteiger charge is 2.09. The van der Waals surface area contributed by atoms with Gasteiger partial charge in [-0.2, -0.15) is 0 Å². The van der Waals surface area contributed by atoms with Crippen LogP contribution >= 0.6 is 11.6 Å². The molecule has 0 fully saturated rings. The molecule has 0 aliphatic rings. The van der Waals surface area contributed by atoms with Gasteiger partial charge in [0.05, 0.1) is 11.4 Å². The summed E-state index contributed by atoms with van der Waals surface area (Å²) in [7, 11) is -3.28. The summed E-state index contributed by atoms with van der Waals surface area (Å²) < 4.78 is 25.4. The minimum atomic E-state index is -3.28. The predicted octanol–water partition coefficient (Wildman–Crippen LogP) is 1.76. The number of nitrogens with zero attached hydrogens (tertiary/aromatic N) is 1. The monoisotopic (exact) mass is 248 g/mol. The fraction of sp³-hybridized carbons (Fsp3) is 0.444. The number of halogens is 1. The third kappa shape index (κ3) is 4.48. The Morgan fingerprint density at radius 3 is 2.87 bits per heavy atom. The van der Waals surface area contributed by atoms with Crippen LogP contribution in [0.3, 0.4) is 0 Å². The standard InChI is InChI=1S/C9H13ClN2O2S/c1-8-7-9(3-5-11-8)12-15(13,14)6-2-4-10/h3,5,7H,2,4,6H2,1H3,(H,11,12). The summed E-state index contributed by atoms with van der Waals surface area (Å²) in [6.45, 7) is 1.80. The maximum atomic E-state index is 11.5. The minimum Gasteiger partial charge on any atom is -0.283 e. The van der Waals surface area contributed by atoms with E-state index in [9.17, 15) is 8.42 Å². The average molecular weight is 249 g/mol. The highest BCUT2D eigenvalue weighted by molar-refractivity contribution is 7.92. The molecule has 0 saturated carbocycles. The Kier molecular flexibility index (Phi) is 4.35. The van der Waals surface area contributed by atoms with E-state index in [1.54, 1.807) is 25.3 Å². The van der Waals surface area contributed by atoms with Gasteiger partial charge in [-0.15, -0.1) is 11.6 Å². The molecule has 1 N–H and O–H groups in total. The second-order valence-corrected chi connectivity index (χ2v) is 5.37. The number of aromatic nitrogens is 1. The molecule has 0 bridgehead atoms. The first kappa shape index (κ1) is 12.3. The van der Waals surface area contributed by atoms with Gasteiger partial charge in [0, 0.05) is 17.8 Å². The largest absolute Gasteiger partial charge is 0.283 e. The molecule has 0 aliphatic heterocycles. The topological polar surface area (TPSA) is 59.1 Å². The first-order chi connectivity index (χ1) is 7.03. The van der Waals surface area contributed by atoms with Crippen molar-refractivity contribution in [2.24, 2.45) is 0 Å². The molecule has 15 heavy (non-hydrogen) atoms. The molecule has 1 aromatic rings. The van der Waals surface area contributed by atoms with Crippen LogP contribution in [0.4, 0.5) is 5.69 Å². The van der Waals surface area contributed by atoms with Gasteiger partial charge in [0.25, 0.3) is 0 Å². The lowest BCUT2D eigenvalue weighted by molar-refractivity contribution is 0.600. The number of pyridine rings is 1. The van der Waals surface area contributed by atoms with E-state index in [1.165, 1.54) is 0 Å². The average Bonchev–Trinajstić information content (AvgIpc) is 2.14. The molecule has 0 saturated heterocycles. The number of nitrogens with one attached hydrogen (secondary N) is 1. The van der Waals surface area contributed by atoms with Gasteiger partial charge in [0.15, 0.2) is 0 Å². The van der Waals surface area contributed by atoms with Crippen LogP contribution in [0.1, 0.15) is 12.1 Å². The highest BCUT2D eigenvalue weighted by atomic mass is 35.5. The fourth-order valence-electron chi connectivity index (χ4n) is 1.08. The molecule has 0 spiro atoms. The summed E-state index contributed by atoms with van der Waals surface area (Å²) in [5.74, 6) is 0.383. The smallest absolute Gasteiger partial charge is 0.232 e. The molecule has 0 aliphatic carbocycles. The molecule has 0 atom stereocenters. The van der Waals surface area contributed by atoms with Gasteiger partial charge < -0.3 is 0 Å². The van der Waals surface area contributed by atoms with Crippen molar-refractivity contribution < 1.29 is 8.42 Å². The van der Waals surface area contributed by atoms with E-state index in [2.05, 4.69) is 9.71 Å². The van der Waals surface area contributed by atoms with Crippen LogP contribution in [0.2, 0.25) is 0 Å². The van der Waals surface area contributed by atoms with Crippen molar-refractivity contribution in [3.05, 3.63) is 24.0 Å². The Bertz CT molecular complexity index is 420. The molecule has 1 rings (SSSR count). The quantitative estimate of drug-likeness (QED) is 0.808. The first-order valence-corrected chi connectivity index (χ1v) is 6.71. The summed E-state index contributed by atoms with van der Waals surface area (Å²) in [5, 5.41) is 0. The number of hydrogen-bond donors (Lipinski definition) is 1. The Morgan fingerprint density at radius 1 is 1.53 bits per heavy atom.